The van der Waals surface area contributed by atoms with E-state index in [-0.39, 0.29) is 0 Å². The lowest BCUT2D eigenvalue weighted by Crippen LogP contribution is -2.25. The summed E-state index contributed by atoms with van der Waals surface area (Å²) in [6.45, 7) is 0.847. The third-order valence-corrected chi connectivity index (χ3v) is 4.58. The number of fused-ring (bicyclic) bond motifs is 3. The van der Waals surface area contributed by atoms with Gasteiger partial charge in [0.2, 0.25) is 0 Å². The Balaban J connectivity index is 2.02. The molecule has 4 heteroatoms. The number of ether oxygens (including phenoxy) is 1. The zero-order chi connectivity index (χ0) is 11.1. The summed E-state index contributed by atoms with van der Waals surface area (Å²) in [6, 6.07) is 6.75. The van der Waals surface area contributed by atoms with Crippen LogP contribution in [-0.2, 0) is 4.84 Å². The summed E-state index contributed by atoms with van der Waals surface area (Å²) in [5.41, 5.74) is 1.38. The largest absolute Gasteiger partial charge is 0.497 e. The highest BCUT2D eigenvalue weighted by Gasteiger charge is 2.38. The van der Waals surface area contributed by atoms with E-state index in [2.05, 4.69) is 12.1 Å². The maximum atomic E-state index is 5.60. The fourth-order valence-electron chi connectivity index (χ4n) is 2.48. The molecular formula is C12H15NO2S. The molecule has 0 aromatic heterocycles. The lowest BCUT2D eigenvalue weighted by molar-refractivity contribution is -0.111. The van der Waals surface area contributed by atoms with Crippen molar-refractivity contribution in [1.29, 1.82) is 0 Å². The van der Waals surface area contributed by atoms with Gasteiger partial charge in [0, 0.05) is 23.6 Å². The van der Waals surface area contributed by atoms with Crippen LogP contribution in [0, 0.1) is 5.92 Å². The molecule has 2 aliphatic heterocycles. The van der Waals surface area contributed by atoms with E-state index in [4.69, 9.17) is 9.57 Å². The normalized spacial score (nSPS) is 28.6. The van der Waals surface area contributed by atoms with Gasteiger partial charge in [0.25, 0.3) is 0 Å². The van der Waals surface area contributed by atoms with E-state index in [1.807, 2.05) is 29.9 Å². The van der Waals surface area contributed by atoms with E-state index in [9.17, 15) is 0 Å². The summed E-state index contributed by atoms with van der Waals surface area (Å²) in [4.78, 5) is 6.93. The molecule has 1 saturated heterocycles. The first-order valence-electron chi connectivity index (χ1n) is 5.46. The van der Waals surface area contributed by atoms with E-state index < -0.39 is 0 Å². The Bertz CT molecular complexity index is 410. The van der Waals surface area contributed by atoms with Gasteiger partial charge in [-0.3, -0.25) is 4.84 Å². The molecule has 0 saturated carbocycles. The van der Waals surface area contributed by atoms with Crippen LogP contribution in [0.2, 0.25) is 0 Å². The average Bonchev–Trinajstić information content (AvgIpc) is 2.70. The van der Waals surface area contributed by atoms with Gasteiger partial charge in [-0.1, -0.05) is 6.07 Å². The van der Waals surface area contributed by atoms with Crippen LogP contribution >= 0.6 is 11.8 Å². The molecule has 0 aliphatic carbocycles. The van der Waals surface area contributed by atoms with E-state index >= 15 is 0 Å². The molecule has 1 fully saturated rings. The van der Waals surface area contributed by atoms with Crippen LogP contribution in [0.1, 0.15) is 11.6 Å². The molecule has 0 bridgehead atoms. The predicted molar refractivity (Wildman–Crippen MR) is 63.7 cm³/mol. The second kappa shape index (κ2) is 3.95. The second-order valence-corrected chi connectivity index (χ2v) is 5.32. The molecule has 86 valence electrons. The van der Waals surface area contributed by atoms with E-state index in [1.54, 1.807) is 7.11 Å². The molecule has 3 rings (SSSR count). The first-order valence-corrected chi connectivity index (χ1v) is 6.44. The van der Waals surface area contributed by atoms with Crippen LogP contribution in [0.3, 0.4) is 0 Å². The van der Waals surface area contributed by atoms with Crippen molar-refractivity contribution in [1.82, 2.24) is 5.06 Å². The zero-order valence-corrected chi connectivity index (χ0v) is 10.3. The minimum Gasteiger partial charge on any atom is -0.497 e. The number of hydroxylamine groups is 2. The lowest BCUT2D eigenvalue weighted by atomic mass is 9.95. The summed E-state index contributed by atoms with van der Waals surface area (Å²) in [7, 11) is 3.73. The number of thioether (sulfide) groups is 1. The highest BCUT2D eigenvalue weighted by atomic mass is 32.2. The van der Waals surface area contributed by atoms with E-state index in [1.165, 1.54) is 10.5 Å². The molecule has 16 heavy (non-hydrogen) atoms. The van der Waals surface area contributed by atoms with Crippen molar-refractivity contribution >= 4 is 11.8 Å². The predicted octanol–water partition coefficient (Wildman–Crippen LogP) is 2.34. The SMILES string of the molecule is COc1ccc2c(c1)SC[C@@H]1CON(C)[C@H]21. The molecule has 0 unspecified atom stereocenters. The summed E-state index contributed by atoms with van der Waals surface area (Å²) in [6.07, 6.45) is 0. The lowest BCUT2D eigenvalue weighted by Gasteiger charge is -2.29. The highest BCUT2D eigenvalue weighted by Crippen LogP contribution is 2.46. The Labute approximate surface area is 99.7 Å². The molecule has 1 aromatic rings. The third kappa shape index (κ3) is 1.52. The Morgan fingerprint density at radius 1 is 1.50 bits per heavy atom. The molecule has 0 spiro atoms. The summed E-state index contributed by atoms with van der Waals surface area (Å²) < 4.78 is 5.26. The van der Waals surface area contributed by atoms with Crippen LogP contribution in [0.25, 0.3) is 0 Å². The maximum Gasteiger partial charge on any atom is 0.119 e. The Morgan fingerprint density at radius 3 is 3.19 bits per heavy atom. The van der Waals surface area contributed by atoms with Crippen molar-refractivity contribution < 1.29 is 9.57 Å². The Hall–Kier alpha value is -0.710. The van der Waals surface area contributed by atoms with Gasteiger partial charge in [-0.25, -0.2) is 0 Å². The molecule has 1 aromatic carbocycles. The third-order valence-electron chi connectivity index (χ3n) is 3.32. The monoisotopic (exact) mass is 237 g/mol. The van der Waals surface area contributed by atoms with Crippen LogP contribution in [0.5, 0.6) is 5.75 Å². The molecule has 0 radical (unpaired) electrons. The maximum absolute atomic E-state index is 5.60. The Morgan fingerprint density at radius 2 is 2.38 bits per heavy atom. The van der Waals surface area contributed by atoms with Crippen molar-refractivity contribution in [3.05, 3.63) is 23.8 Å². The minimum atomic E-state index is 0.419. The molecular weight excluding hydrogens is 222 g/mol. The van der Waals surface area contributed by atoms with Crippen molar-refractivity contribution in [2.75, 3.05) is 26.5 Å². The van der Waals surface area contributed by atoms with Crippen LogP contribution < -0.4 is 4.74 Å². The van der Waals surface area contributed by atoms with Crippen LogP contribution in [-0.4, -0.2) is 31.6 Å². The first kappa shape index (κ1) is 10.4. The van der Waals surface area contributed by atoms with Crippen LogP contribution in [0.4, 0.5) is 0 Å². The topological polar surface area (TPSA) is 21.7 Å². The van der Waals surface area contributed by atoms with Gasteiger partial charge >= 0.3 is 0 Å². The fraction of sp³-hybridized carbons (Fsp3) is 0.500. The first-order chi connectivity index (χ1) is 7.79. The standard InChI is InChI=1S/C12H15NO2S/c1-13-12-8(6-15-13)7-16-11-5-9(14-2)3-4-10(11)12/h3-5,8,12H,6-7H2,1-2H3/t8-,12-/m0/s1. The number of benzene rings is 1. The molecule has 3 nitrogen and oxygen atoms in total. The number of methoxy groups -OCH3 is 1. The summed E-state index contributed by atoms with van der Waals surface area (Å²) >= 11 is 1.91. The van der Waals surface area contributed by atoms with E-state index in [0.29, 0.717) is 12.0 Å². The molecule has 0 amide bonds. The average molecular weight is 237 g/mol. The van der Waals surface area contributed by atoms with Crippen molar-refractivity contribution in [2.45, 2.75) is 10.9 Å². The minimum absolute atomic E-state index is 0.419. The van der Waals surface area contributed by atoms with Gasteiger partial charge in [0.15, 0.2) is 0 Å². The zero-order valence-electron chi connectivity index (χ0n) is 9.47. The summed E-state index contributed by atoms with van der Waals surface area (Å²) in [5, 5.41) is 2.00. The molecule has 0 N–H and O–H groups in total. The fourth-order valence-corrected chi connectivity index (χ4v) is 3.71. The molecule has 2 heterocycles. The van der Waals surface area contributed by atoms with Gasteiger partial charge < -0.3 is 4.74 Å². The van der Waals surface area contributed by atoms with Gasteiger partial charge in [-0.05, 0) is 17.7 Å². The van der Waals surface area contributed by atoms with Crippen LogP contribution in [0.15, 0.2) is 23.1 Å². The number of hydrogen-bond donors (Lipinski definition) is 0. The van der Waals surface area contributed by atoms with Gasteiger partial charge in [-0.15, -0.1) is 11.8 Å². The quantitative estimate of drug-likeness (QED) is 0.747. The van der Waals surface area contributed by atoms with Crippen molar-refractivity contribution in [3.8, 4) is 5.75 Å². The van der Waals surface area contributed by atoms with Gasteiger partial charge in [-0.2, -0.15) is 5.06 Å². The Kier molecular flexibility index (Phi) is 2.58. The number of rotatable bonds is 1. The number of nitrogens with zero attached hydrogens (tertiary/aromatic N) is 1. The molecule has 2 atom stereocenters. The highest BCUT2D eigenvalue weighted by molar-refractivity contribution is 7.99. The van der Waals surface area contributed by atoms with Gasteiger partial charge in [0.1, 0.15) is 5.75 Å². The molecule has 2 aliphatic rings. The van der Waals surface area contributed by atoms with Gasteiger partial charge in [0.05, 0.1) is 19.8 Å². The van der Waals surface area contributed by atoms with Crippen molar-refractivity contribution in [3.63, 3.8) is 0 Å². The smallest absolute Gasteiger partial charge is 0.119 e. The summed E-state index contributed by atoms with van der Waals surface area (Å²) in [5.74, 6) is 2.69. The van der Waals surface area contributed by atoms with Crippen molar-refractivity contribution in [2.24, 2.45) is 5.92 Å². The number of hydrogen-bond acceptors (Lipinski definition) is 4. The second-order valence-electron chi connectivity index (χ2n) is 4.26. The van der Waals surface area contributed by atoms with E-state index in [0.717, 1.165) is 18.1 Å².